The van der Waals surface area contributed by atoms with Crippen LogP contribution in [0.1, 0.15) is 47.1 Å². The zero-order chi connectivity index (χ0) is 31.1. The molecule has 0 bridgehead atoms. The number of hydrogen-bond donors (Lipinski definition) is 2. The van der Waals surface area contributed by atoms with E-state index in [0.29, 0.717) is 35.3 Å². The number of fused-ring (bicyclic) bond motifs is 3. The molecule has 1 aromatic carbocycles. The fourth-order valence-electron chi connectivity index (χ4n) is 7.03. The SMILES string of the molecule is CCN(CCn1ccc(Nc2cc(-c3cccc(N4CCn5c(cc6c5CCCC6)C4=O)c3CO)cn(C)c2=O)n1)C1COC1. The quantitative estimate of drug-likeness (QED) is 0.282. The van der Waals surface area contributed by atoms with Crippen LogP contribution < -0.4 is 15.8 Å². The number of anilines is 3. The molecule has 2 N–H and O–H groups in total. The maximum Gasteiger partial charge on any atom is 0.274 e. The molecule has 5 heterocycles. The van der Waals surface area contributed by atoms with E-state index in [1.165, 1.54) is 15.8 Å². The van der Waals surface area contributed by atoms with E-state index in [9.17, 15) is 14.7 Å². The maximum atomic E-state index is 13.8. The van der Waals surface area contributed by atoms with Crippen molar-refractivity contribution in [1.82, 2.24) is 23.8 Å². The van der Waals surface area contributed by atoms with Gasteiger partial charge in [0.15, 0.2) is 5.82 Å². The smallest absolute Gasteiger partial charge is 0.274 e. The minimum Gasteiger partial charge on any atom is -0.392 e. The minimum atomic E-state index is -0.245. The van der Waals surface area contributed by atoms with Crippen molar-refractivity contribution in [3.05, 3.63) is 81.7 Å². The topological polar surface area (TPSA) is 110 Å². The van der Waals surface area contributed by atoms with Crippen molar-refractivity contribution in [3.8, 4) is 11.1 Å². The molecule has 4 aromatic rings. The monoisotopic (exact) mass is 611 g/mol. The van der Waals surface area contributed by atoms with Gasteiger partial charge in [-0.25, -0.2) is 0 Å². The highest BCUT2D eigenvalue weighted by molar-refractivity contribution is 6.07. The molecule has 236 valence electrons. The van der Waals surface area contributed by atoms with E-state index >= 15 is 0 Å². The van der Waals surface area contributed by atoms with Gasteiger partial charge in [0.05, 0.1) is 38.1 Å². The number of ether oxygens (including phenoxy) is 1. The zero-order valence-electron chi connectivity index (χ0n) is 26.0. The predicted molar refractivity (Wildman–Crippen MR) is 173 cm³/mol. The van der Waals surface area contributed by atoms with Gasteiger partial charge in [0.25, 0.3) is 11.5 Å². The number of amides is 1. The molecule has 11 heteroatoms. The van der Waals surface area contributed by atoms with Crippen LogP contribution in [0.5, 0.6) is 0 Å². The first-order chi connectivity index (χ1) is 21.9. The third-order valence-corrected chi connectivity index (χ3v) is 9.58. The van der Waals surface area contributed by atoms with Crippen molar-refractivity contribution in [1.29, 1.82) is 0 Å². The summed E-state index contributed by atoms with van der Waals surface area (Å²) in [4.78, 5) is 31.2. The molecule has 1 amide bonds. The molecule has 0 unspecified atom stereocenters. The Morgan fingerprint density at radius 2 is 1.96 bits per heavy atom. The average molecular weight is 612 g/mol. The van der Waals surface area contributed by atoms with E-state index in [-0.39, 0.29) is 18.1 Å². The summed E-state index contributed by atoms with van der Waals surface area (Å²) in [5.41, 5.74) is 6.41. The van der Waals surface area contributed by atoms with Crippen molar-refractivity contribution in [2.75, 3.05) is 43.1 Å². The van der Waals surface area contributed by atoms with Crippen molar-refractivity contribution in [2.45, 2.75) is 58.3 Å². The Hall–Kier alpha value is -4.19. The second-order valence-electron chi connectivity index (χ2n) is 12.2. The molecular formula is C34H41N7O4. The number of aliphatic hydroxyl groups excluding tert-OH is 1. The Balaban J connectivity index is 1.14. The van der Waals surface area contributed by atoms with E-state index in [1.807, 2.05) is 35.1 Å². The molecule has 1 aliphatic carbocycles. The first kappa shape index (κ1) is 29.5. The summed E-state index contributed by atoms with van der Waals surface area (Å²) in [6.07, 6.45) is 8.06. The standard InChI is InChI=1S/C34H41N7O4/c1-3-38(25-21-45-22-25)13-14-39-12-11-32(36-39)35-28-17-24(19-37(2)33(28)43)26-8-6-10-30(27(26)20-42)41-16-15-40-29-9-5-4-7-23(29)18-31(40)34(41)44/h6,8,10-12,17-19,25,42H,3-5,7,9,13-16,20-22H2,1-2H3,(H,35,36). The summed E-state index contributed by atoms with van der Waals surface area (Å²) in [6.45, 7) is 7.31. The number of aliphatic hydroxyl groups is 1. The van der Waals surface area contributed by atoms with Gasteiger partial charge in [-0.1, -0.05) is 19.1 Å². The van der Waals surface area contributed by atoms with Crippen LogP contribution in [0.3, 0.4) is 0 Å². The minimum absolute atomic E-state index is 0.0380. The summed E-state index contributed by atoms with van der Waals surface area (Å²) in [5.74, 6) is 0.545. The fourth-order valence-corrected chi connectivity index (χ4v) is 7.03. The fraction of sp³-hybridized carbons (Fsp3) is 0.441. The van der Waals surface area contributed by atoms with Gasteiger partial charge in [0.1, 0.15) is 11.4 Å². The van der Waals surface area contributed by atoms with Gasteiger partial charge in [-0.2, -0.15) is 5.10 Å². The molecule has 3 aliphatic rings. The number of carbonyl (C=O) groups excluding carboxylic acids is 1. The molecule has 1 fully saturated rings. The van der Waals surface area contributed by atoms with Crippen molar-refractivity contribution >= 4 is 23.1 Å². The molecule has 1 saturated heterocycles. The average Bonchev–Trinajstić information content (AvgIpc) is 3.65. The number of pyridine rings is 1. The summed E-state index contributed by atoms with van der Waals surface area (Å²) >= 11 is 0. The predicted octanol–water partition coefficient (Wildman–Crippen LogP) is 3.55. The summed E-state index contributed by atoms with van der Waals surface area (Å²) in [7, 11) is 1.71. The summed E-state index contributed by atoms with van der Waals surface area (Å²) < 4.78 is 11.0. The van der Waals surface area contributed by atoms with Crippen LogP contribution in [0.15, 0.2) is 53.6 Å². The number of aryl methyl sites for hydroxylation is 2. The van der Waals surface area contributed by atoms with Gasteiger partial charge < -0.3 is 29.2 Å². The second kappa shape index (κ2) is 12.3. The summed E-state index contributed by atoms with van der Waals surface area (Å²) in [5, 5.41) is 18.5. The van der Waals surface area contributed by atoms with Gasteiger partial charge in [-0.15, -0.1) is 0 Å². The van der Waals surface area contributed by atoms with E-state index < -0.39 is 0 Å². The van der Waals surface area contributed by atoms with Gasteiger partial charge in [0, 0.05) is 62.0 Å². The lowest BCUT2D eigenvalue weighted by Crippen LogP contribution is -2.49. The Morgan fingerprint density at radius 1 is 1.11 bits per heavy atom. The number of nitrogens with one attached hydrogen (secondary N) is 1. The lowest BCUT2D eigenvalue weighted by atomic mass is 9.98. The van der Waals surface area contributed by atoms with E-state index in [1.54, 1.807) is 24.2 Å². The molecule has 11 nitrogen and oxygen atoms in total. The van der Waals surface area contributed by atoms with Crippen molar-refractivity contribution < 1.29 is 14.6 Å². The number of benzene rings is 1. The van der Waals surface area contributed by atoms with Crippen LogP contribution >= 0.6 is 0 Å². The number of aromatic nitrogens is 4. The Kier molecular flexibility index (Phi) is 8.07. The second-order valence-corrected chi connectivity index (χ2v) is 12.2. The summed E-state index contributed by atoms with van der Waals surface area (Å²) in [6, 6.07) is 11.9. The molecule has 0 spiro atoms. The zero-order valence-corrected chi connectivity index (χ0v) is 26.0. The first-order valence-electron chi connectivity index (χ1n) is 16.0. The Morgan fingerprint density at radius 3 is 2.73 bits per heavy atom. The maximum absolute atomic E-state index is 13.8. The molecule has 0 atom stereocenters. The van der Waals surface area contributed by atoms with E-state index in [2.05, 4.69) is 32.9 Å². The highest BCUT2D eigenvalue weighted by Gasteiger charge is 2.31. The van der Waals surface area contributed by atoms with Crippen molar-refractivity contribution in [2.24, 2.45) is 7.05 Å². The first-order valence-corrected chi connectivity index (χ1v) is 16.0. The highest BCUT2D eigenvalue weighted by Crippen LogP contribution is 2.35. The van der Waals surface area contributed by atoms with E-state index in [0.717, 1.165) is 81.9 Å². The number of carbonyl (C=O) groups is 1. The highest BCUT2D eigenvalue weighted by atomic mass is 16.5. The Labute approximate surface area is 262 Å². The molecule has 0 radical (unpaired) electrons. The van der Waals surface area contributed by atoms with Gasteiger partial charge in [-0.05, 0) is 61.6 Å². The van der Waals surface area contributed by atoms with Crippen LogP contribution in [0.4, 0.5) is 17.2 Å². The largest absolute Gasteiger partial charge is 0.392 e. The number of rotatable bonds is 10. The van der Waals surface area contributed by atoms with Gasteiger partial charge >= 0.3 is 0 Å². The molecule has 45 heavy (non-hydrogen) atoms. The molecule has 0 saturated carbocycles. The van der Waals surface area contributed by atoms with Crippen LogP contribution in [0, 0.1) is 0 Å². The Bertz CT molecular complexity index is 1780. The number of likely N-dealkylation sites (N-methyl/N-ethyl adjacent to an activating group) is 1. The lowest BCUT2D eigenvalue weighted by molar-refractivity contribution is -0.0641. The van der Waals surface area contributed by atoms with Crippen LogP contribution in [-0.4, -0.2) is 73.7 Å². The van der Waals surface area contributed by atoms with Crippen LogP contribution in [-0.2, 0) is 44.3 Å². The van der Waals surface area contributed by atoms with Crippen LogP contribution in [0.2, 0.25) is 0 Å². The van der Waals surface area contributed by atoms with Crippen LogP contribution in [0.25, 0.3) is 11.1 Å². The molecular weight excluding hydrogens is 570 g/mol. The number of hydrogen-bond acceptors (Lipinski definition) is 7. The number of nitrogens with zero attached hydrogens (tertiary/aromatic N) is 6. The molecule has 2 aliphatic heterocycles. The third kappa shape index (κ3) is 5.49. The third-order valence-electron chi connectivity index (χ3n) is 9.58. The molecule has 3 aromatic heterocycles. The van der Waals surface area contributed by atoms with Crippen molar-refractivity contribution in [3.63, 3.8) is 0 Å². The normalized spacial score (nSPS) is 16.5. The molecule has 7 rings (SSSR count). The van der Waals surface area contributed by atoms with Gasteiger partial charge in [-0.3, -0.25) is 19.2 Å². The lowest BCUT2D eigenvalue weighted by Gasteiger charge is -2.36. The van der Waals surface area contributed by atoms with E-state index in [4.69, 9.17) is 4.74 Å². The van der Waals surface area contributed by atoms with Gasteiger partial charge in [0.2, 0.25) is 0 Å².